The number of halogens is 8. The normalized spacial score (nSPS) is 25.3. The van der Waals surface area contributed by atoms with Crippen LogP contribution in [0.25, 0.3) is 0 Å². The standard InChI is InChI=1S/C20H18F8N2O5S3/c1-36(32,33)13-4-7-16(15(8-13)17(31)29-19-9-18(10-19,11-19)20(21,22)23)37(34,35)30-12-2-5-14(6-3-12)38(24,25,26,27)28/h2-8,30H,9-11H2,1H3,(H,29,31). The number of benzene rings is 2. The van der Waals surface area contributed by atoms with Gasteiger partial charge in [-0.05, 0) is 61.7 Å². The van der Waals surface area contributed by atoms with Crippen LogP contribution >= 0.6 is 10.2 Å². The zero-order chi connectivity index (χ0) is 28.9. The number of amides is 1. The largest absolute Gasteiger partial charge is 0.394 e. The minimum absolute atomic E-state index is 0.0426. The summed E-state index contributed by atoms with van der Waals surface area (Å²) < 4.78 is 156. The first-order valence-electron chi connectivity index (χ1n) is 10.4. The summed E-state index contributed by atoms with van der Waals surface area (Å²) in [7, 11) is -18.9. The Morgan fingerprint density at radius 1 is 0.895 bits per heavy atom. The van der Waals surface area contributed by atoms with Crippen LogP contribution in [-0.2, 0) is 19.9 Å². The molecule has 7 nitrogen and oxygen atoms in total. The number of carbonyl (C=O) groups is 1. The number of alkyl halides is 3. The molecule has 5 rings (SSSR count). The lowest BCUT2D eigenvalue weighted by atomic mass is 9.39. The van der Waals surface area contributed by atoms with Gasteiger partial charge in [0.05, 0.1) is 15.9 Å². The highest BCUT2D eigenvalue weighted by Crippen LogP contribution is 3.02. The lowest BCUT2D eigenvalue weighted by molar-refractivity contribution is -0.336. The molecule has 0 saturated heterocycles. The third-order valence-electron chi connectivity index (χ3n) is 6.48. The number of rotatable bonds is 7. The number of sulfone groups is 1. The van der Waals surface area contributed by atoms with Crippen molar-refractivity contribution in [1.29, 1.82) is 0 Å². The molecule has 2 bridgehead atoms. The van der Waals surface area contributed by atoms with Gasteiger partial charge in [0.15, 0.2) is 9.84 Å². The number of carbonyl (C=O) groups excluding carboxylic acids is 1. The molecule has 0 atom stereocenters. The van der Waals surface area contributed by atoms with E-state index < -0.39 is 98.3 Å². The first kappa shape index (κ1) is 28.4. The molecule has 0 heterocycles. The van der Waals surface area contributed by atoms with Crippen LogP contribution in [0.15, 0.2) is 57.2 Å². The topological polar surface area (TPSA) is 109 Å². The molecule has 0 aromatic heterocycles. The summed E-state index contributed by atoms with van der Waals surface area (Å²) in [5, 5.41) is 2.33. The smallest absolute Gasteiger partial charge is 0.346 e. The number of hydrogen-bond acceptors (Lipinski definition) is 5. The number of sulfonamides is 1. The summed E-state index contributed by atoms with van der Waals surface area (Å²) in [5.41, 5.74) is -4.56. The van der Waals surface area contributed by atoms with Gasteiger partial charge in [-0.1, -0.05) is 19.4 Å². The predicted octanol–water partition coefficient (Wildman–Crippen LogP) is 5.76. The van der Waals surface area contributed by atoms with E-state index in [1.807, 2.05) is 4.72 Å². The van der Waals surface area contributed by atoms with E-state index in [0.717, 1.165) is 18.4 Å². The van der Waals surface area contributed by atoms with Crippen LogP contribution in [0, 0.1) is 5.41 Å². The van der Waals surface area contributed by atoms with Gasteiger partial charge in [0, 0.05) is 17.5 Å². The Bertz CT molecular complexity index is 1550. The first-order valence-corrected chi connectivity index (χ1v) is 15.7. The average Bonchev–Trinajstić information content (AvgIpc) is 2.65. The first-order chi connectivity index (χ1) is 16.8. The van der Waals surface area contributed by atoms with Crippen LogP contribution in [0.3, 0.4) is 0 Å². The lowest BCUT2D eigenvalue weighted by Gasteiger charge is -2.70. The van der Waals surface area contributed by atoms with Crippen molar-refractivity contribution in [3.05, 3.63) is 48.0 Å². The quantitative estimate of drug-likeness (QED) is 0.386. The van der Waals surface area contributed by atoms with Crippen LogP contribution in [0.5, 0.6) is 0 Å². The molecule has 0 radical (unpaired) electrons. The van der Waals surface area contributed by atoms with Crippen LogP contribution < -0.4 is 10.0 Å². The fraction of sp³-hybridized carbons (Fsp3) is 0.350. The third-order valence-corrected chi connectivity index (χ3v) is 10.2. The van der Waals surface area contributed by atoms with E-state index in [2.05, 4.69) is 5.32 Å². The summed E-state index contributed by atoms with van der Waals surface area (Å²) in [6, 6.07) is 2.98. The Labute approximate surface area is 211 Å². The molecule has 0 spiro atoms. The Hall–Kier alpha value is -2.60. The molecule has 2 aromatic carbocycles. The van der Waals surface area contributed by atoms with E-state index in [-0.39, 0.29) is 12.1 Å². The van der Waals surface area contributed by atoms with Gasteiger partial charge in [-0.2, -0.15) is 13.2 Å². The van der Waals surface area contributed by atoms with E-state index in [4.69, 9.17) is 0 Å². The second-order valence-electron chi connectivity index (χ2n) is 9.57. The van der Waals surface area contributed by atoms with Gasteiger partial charge >= 0.3 is 16.4 Å². The van der Waals surface area contributed by atoms with E-state index >= 15 is 0 Å². The van der Waals surface area contributed by atoms with Crippen molar-refractivity contribution in [2.45, 2.75) is 45.7 Å². The van der Waals surface area contributed by atoms with Gasteiger partial charge in [0.1, 0.15) is 9.79 Å². The van der Waals surface area contributed by atoms with Crippen molar-refractivity contribution in [1.82, 2.24) is 5.32 Å². The third kappa shape index (κ3) is 5.04. The molecule has 38 heavy (non-hydrogen) atoms. The van der Waals surface area contributed by atoms with Crippen LogP contribution in [-0.4, -0.2) is 40.7 Å². The number of anilines is 1. The molecule has 0 aliphatic heterocycles. The van der Waals surface area contributed by atoms with Crippen molar-refractivity contribution in [3.8, 4) is 0 Å². The Morgan fingerprint density at radius 3 is 1.87 bits per heavy atom. The van der Waals surface area contributed by atoms with Crippen LogP contribution in [0.1, 0.15) is 29.6 Å². The molecule has 2 N–H and O–H groups in total. The average molecular weight is 615 g/mol. The SMILES string of the molecule is CS(=O)(=O)c1ccc(S(=O)(=O)Nc2ccc(S(F)(F)(F)(F)F)cc2)c(C(=O)NC23CC(C(F)(F)F)(C2)C3)c1. The van der Waals surface area contributed by atoms with Crippen molar-refractivity contribution in [2.75, 3.05) is 11.0 Å². The number of hydrogen-bond donors (Lipinski definition) is 2. The highest BCUT2D eigenvalue weighted by atomic mass is 32.5. The van der Waals surface area contributed by atoms with Crippen molar-refractivity contribution in [2.24, 2.45) is 5.41 Å². The maximum Gasteiger partial charge on any atom is 0.394 e. The van der Waals surface area contributed by atoms with Gasteiger partial charge in [-0.25, -0.2) is 16.8 Å². The Kier molecular flexibility index (Phi) is 5.47. The van der Waals surface area contributed by atoms with Crippen LogP contribution in [0.4, 0.5) is 38.3 Å². The minimum atomic E-state index is -10.0. The molecular formula is C20H18F8N2O5S3. The maximum absolute atomic E-state index is 13.1. The highest BCUT2D eigenvalue weighted by molar-refractivity contribution is 8.45. The van der Waals surface area contributed by atoms with Gasteiger partial charge in [0.25, 0.3) is 15.9 Å². The van der Waals surface area contributed by atoms with Crippen molar-refractivity contribution >= 4 is 41.7 Å². The summed E-state index contributed by atoms with van der Waals surface area (Å²) in [5.74, 6) is -1.19. The van der Waals surface area contributed by atoms with Crippen LogP contribution in [0.2, 0.25) is 0 Å². The zero-order valence-corrected chi connectivity index (χ0v) is 21.4. The molecule has 2 aromatic rings. The van der Waals surface area contributed by atoms with Gasteiger partial charge in [-0.3, -0.25) is 9.52 Å². The molecule has 1 amide bonds. The van der Waals surface area contributed by atoms with Crippen molar-refractivity contribution < 1.29 is 54.2 Å². The summed E-state index contributed by atoms with van der Waals surface area (Å²) in [4.78, 5) is 9.35. The monoisotopic (exact) mass is 614 g/mol. The summed E-state index contributed by atoms with van der Waals surface area (Å²) in [6.45, 7) is 0. The molecule has 18 heteroatoms. The lowest BCUT2D eigenvalue weighted by Crippen LogP contribution is -2.78. The molecule has 0 unspecified atom stereocenters. The molecule has 3 aliphatic carbocycles. The van der Waals surface area contributed by atoms with E-state index in [1.54, 1.807) is 0 Å². The Balaban J connectivity index is 1.65. The van der Waals surface area contributed by atoms with Gasteiger partial charge in [-0.15, -0.1) is 0 Å². The van der Waals surface area contributed by atoms with E-state index in [0.29, 0.717) is 18.2 Å². The summed E-state index contributed by atoms with van der Waals surface area (Å²) >= 11 is 0. The zero-order valence-electron chi connectivity index (χ0n) is 19.0. The second-order valence-corrected chi connectivity index (χ2v) is 15.6. The predicted molar refractivity (Wildman–Crippen MR) is 121 cm³/mol. The minimum Gasteiger partial charge on any atom is -0.346 e. The van der Waals surface area contributed by atoms with Crippen molar-refractivity contribution in [3.63, 3.8) is 0 Å². The molecule has 212 valence electrons. The Morgan fingerprint density at radius 2 is 1.42 bits per heavy atom. The molecule has 3 saturated carbocycles. The molecule has 3 fully saturated rings. The summed E-state index contributed by atoms with van der Waals surface area (Å²) in [6.07, 6.45) is -5.08. The molecular weight excluding hydrogens is 596 g/mol. The molecule has 3 aliphatic rings. The second kappa shape index (κ2) is 7.32. The fourth-order valence-electron chi connectivity index (χ4n) is 4.67. The van der Waals surface area contributed by atoms with Gasteiger partial charge < -0.3 is 5.32 Å². The maximum atomic E-state index is 13.1. The van der Waals surface area contributed by atoms with E-state index in [1.165, 1.54) is 0 Å². The number of nitrogens with one attached hydrogen (secondary N) is 2. The highest BCUT2D eigenvalue weighted by Gasteiger charge is 2.79. The fourth-order valence-corrected chi connectivity index (χ4v) is 7.21. The van der Waals surface area contributed by atoms with E-state index in [9.17, 15) is 54.2 Å². The van der Waals surface area contributed by atoms with Gasteiger partial charge in [0.2, 0.25) is 0 Å².